The van der Waals surface area contributed by atoms with Gasteiger partial charge in [-0.3, -0.25) is 14.6 Å². The molecule has 2 saturated heterocycles. The maximum absolute atomic E-state index is 12.8. The molecule has 1 spiro atoms. The molecule has 7 heteroatoms. The number of fused-ring (bicyclic) bond motifs is 1. The zero-order valence-corrected chi connectivity index (χ0v) is 17.7. The van der Waals surface area contributed by atoms with Gasteiger partial charge in [0.25, 0.3) is 0 Å². The van der Waals surface area contributed by atoms with Gasteiger partial charge in [-0.05, 0) is 49.6 Å². The molecule has 3 aromatic rings. The second-order valence-electron chi connectivity index (χ2n) is 8.78. The van der Waals surface area contributed by atoms with Crippen molar-refractivity contribution in [3.05, 3.63) is 60.2 Å². The molecule has 1 atom stereocenters. The summed E-state index contributed by atoms with van der Waals surface area (Å²) in [6.45, 7) is 3.77. The Kier molecular flexibility index (Phi) is 4.96. The third-order valence-electron chi connectivity index (χ3n) is 6.63. The number of benzene rings is 1. The fourth-order valence-electron chi connectivity index (χ4n) is 4.87. The summed E-state index contributed by atoms with van der Waals surface area (Å²) in [5.41, 5.74) is 3.40. The van der Waals surface area contributed by atoms with E-state index in [1.165, 1.54) is 0 Å². The van der Waals surface area contributed by atoms with Crippen molar-refractivity contribution in [2.75, 3.05) is 13.1 Å². The Hall–Kier alpha value is -3.22. The summed E-state index contributed by atoms with van der Waals surface area (Å²) in [6, 6.07) is 11.8. The molecular formula is C24H26N4O3. The van der Waals surface area contributed by atoms with Crippen LogP contribution in [-0.4, -0.2) is 50.5 Å². The van der Waals surface area contributed by atoms with Gasteiger partial charge in [-0.1, -0.05) is 12.1 Å². The van der Waals surface area contributed by atoms with Crippen molar-refractivity contribution in [3.63, 3.8) is 0 Å². The smallest absolute Gasteiger partial charge is 0.312 e. The van der Waals surface area contributed by atoms with Crippen LogP contribution in [0.3, 0.4) is 0 Å². The zero-order chi connectivity index (χ0) is 21.4. The van der Waals surface area contributed by atoms with Crippen LogP contribution in [-0.2, 0) is 27.3 Å². The first-order chi connectivity index (χ1) is 15.0. The Balaban J connectivity index is 1.21. The molecule has 2 aromatic heterocycles. The Morgan fingerprint density at radius 2 is 2.00 bits per heavy atom. The van der Waals surface area contributed by atoms with Crippen LogP contribution in [0, 0.1) is 12.3 Å². The van der Waals surface area contributed by atoms with Crippen molar-refractivity contribution in [1.29, 1.82) is 0 Å². The maximum atomic E-state index is 12.8. The molecule has 4 heterocycles. The molecule has 0 N–H and O–H groups in total. The number of esters is 1. The van der Waals surface area contributed by atoms with Gasteiger partial charge in [0, 0.05) is 31.4 Å². The summed E-state index contributed by atoms with van der Waals surface area (Å²) in [6.07, 6.45) is 5.68. The van der Waals surface area contributed by atoms with Crippen molar-refractivity contribution in [2.24, 2.45) is 5.41 Å². The average Bonchev–Trinajstić information content (AvgIpc) is 3.30. The zero-order valence-electron chi connectivity index (χ0n) is 17.7. The Morgan fingerprint density at radius 1 is 1.19 bits per heavy atom. The van der Waals surface area contributed by atoms with Crippen molar-refractivity contribution in [3.8, 4) is 0 Å². The van der Waals surface area contributed by atoms with Crippen LogP contribution in [0.25, 0.3) is 11.0 Å². The van der Waals surface area contributed by atoms with E-state index in [1.807, 2.05) is 54.5 Å². The quantitative estimate of drug-likeness (QED) is 0.609. The van der Waals surface area contributed by atoms with Crippen LogP contribution >= 0.6 is 0 Å². The molecular weight excluding hydrogens is 392 g/mol. The standard InChI is InChI=1S/C24H26N4O3/c1-17-6-9-25-18(12-17)13-22(29)27-10-7-24(8-11-27)14-19(31-23(24)30)15-28-16-26-20-4-2-3-5-21(20)28/h2-6,9,12,16,19H,7-8,10-11,13-15H2,1H3. The first-order valence-electron chi connectivity index (χ1n) is 10.8. The van der Waals surface area contributed by atoms with Crippen LogP contribution in [0.2, 0.25) is 0 Å². The maximum Gasteiger partial charge on any atom is 0.312 e. The van der Waals surface area contributed by atoms with Crippen molar-refractivity contribution in [1.82, 2.24) is 19.4 Å². The second kappa shape index (κ2) is 7.80. The van der Waals surface area contributed by atoms with Crippen LogP contribution in [0.4, 0.5) is 0 Å². The normalized spacial score (nSPS) is 20.4. The highest BCUT2D eigenvalue weighted by atomic mass is 16.6. The summed E-state index contributed by atoms with van der Waals surface area (Å²) < 4.78 is 7.84. The van der Waals surface area contributed by atoms with E-state index in [-0.39, 0.29) is 18.0 Å². The van der Waals surface area contributed by atoms with Gasteiger partial charge in [-0.25, -0.2) is 4.98 Å². The van der Waals surface area contributed by atoms with Gasteiger partial charge < -0.3 is 14.2 Å². The molecule has 5 rings (SSSR count). The number of piperidine rings is 1. The lowest BCUT2D eigenvalue weighted by Gasteiger charge is -2.36. The fourth-order valence-corrected chi connectivity index (χ4v) is 4.87. The number of likely N-dealkylation sites (tertiary alicyclic amines) is 1. The average molecular weight is 418 g/mol. The van der Waals surface area contributed by atoms with E-state index in [1.54, 1.807) is 6.20 Å². The number of amides is 1. The van der Waals surface area contributed by atoms with Gasteiger partial charge in [-0.15, -0.1) is 0 Å². The van der Waals surface area contributed by atoms with Crippen LogP contribution in [0.5, 0.6) is 0 Å². The number of carbonyl (C=O) groups excluding carboxylic acids is 2. The van der Waals surface area contributed by atoms with Gasteiger partial charge in [0.15, 0.2) is 0 Å². The number of imidazole rings is 1. The Morgan fingerprint density at radius 3 is 2.81 bits per heavy atom. The lowest BCUT2D eigenvalue weighted by molar-refractivity contribution is -0.152. The molecule has 0 bridgehead atoms. The monoisotopic (exact) mass is 418 g/mol. The number of carbonyl (C=O) groups is 2. The molecule has 7 nitrogen and oxygen atoms in total. The summed E-state index contributed by atoms with van der Waals surface area (Å²) in [7, 11) is 0. The molecule has 2 aliphatic rings. The number of hydrogen-bond donors (Lipinski definition) is 0. The number of para-hydroxylation sites is 2. The van der Waals surface area contributed by atoms with E-state index in [0.717, 1.165) is 22.3 Å². The minimum atomic E-state index is -0.473. The summed E-state index contributed by atoms with van der Waals surface area (Å²) >= 11 is 0. The fraction of sp³-hybridized carbons (Fsp3) is 0.417. The van der Waals surface area contributed by atoms with Gasteiger partial charge in [0.2, 0.25) is 5.91 Å². The molecule has 1 unspecified atom stereocenters. The number of aromatic nitrogens is 3. The van der Waals surface area contributed by atoms with E-state index < -0.39 is 5.41 Å². The highest BCUT2D eigenvalue weighted by molar-refractivity contribution is 5.81. The molecule has 0 aliphatic carbocycles. The predicted octanol–water partition coefficient (Wildman–Crippen LogP) is 2.91. The summed E-state index contributed by atoms with van der Waals surface area (Å²) in [5, 5.41) is 0. The molecule has 160 valence electrons. The Labute approximate surface area is 181 Å². The first kappa shape index (κ1) is 19.7. The van der Waals surface area contributed by atoms with Crippen LogP contribution < -0.4 is 0 Å². The van der Waals surface area contributed by atoms with Gasteiger partial charge in [0.1, 0.15) is 6.10 Å². The van der Waals surface area contributed by atoms with Gasteiger partial charge in [0.05, 0.1) is 35.7 Å². The van der Waals surface area contributed by atoms with Crippen molar-refractivity contribution in [2.45, 2.75) is 45.3 Å². The third kappa shape index (κ3) is 3.80. The highest BCUT2D eigenvalue weighted by Crippen LogP contribution is 2.43. The number of aryl methyl sites for hydroxylation is 1. The number of rotatable bonds is 4. The number of hydrogen-bond acceptors (Lipinski definition) is 5. The molecule has 1 aromatic carbocycles. The third-order valence-corrected chi connectivity index (χ3v) is 6.63. The van der Waals surface area contributed by atoms with E-state index in [2.05, 4.69) is 14.5 Å². The van der Waals surface area contributed by atoms with Gasteiger partial charge >= 0.3 is 5.97 Å². The highest BCUT2D eigenvalue weighted by Gasteiger charge is 2.50. The number of pyridine rings is 1. The molecule has 31 heavy (non-hydrogen) atoms. The van der Waals surface area contributed by atoms with Gasteiger partial charge in [-0.2, -0.15) is 0 Å². The minimum absolute atomic E-state index is 0.0701. The van der Waals surface area contributed by atoms with Crippen molar-refractivity contribution < 1.29 is 14.3 Å². The number of nitrogens with zero attached hydrogens (tertiary/aromatic N) is 4. The van der Waals surface area contributed by atoms with E-state index in [4.69, 9.17) is 4.74 Å². The van der Waals surface area contributed by atoms with Crippen LogP contribution in [0.15, 0.2) is 48.9 Å². The largest absolute Gasteiger partial charge is 0.460 e. The minimum Gasteiger partial charge on any atom is -0.460 e. The van der Waals surface area contributed by atoms with Crippen LogP contribution in [0.1, 0.15) is 30.5 Å². The second-order valence-corrected chi connectivity index (χ2v) is 8.78. The SMILES string of the molecule is Cc1ccnc(CC(=O)N2CCC3(CC2)CC(Cn2cnc4ccccc42)OC3=O)c1. The molecule has 1 amide bonds. The molecule has 0 radical (unpaired) electrons. The predicted molar refractivity (Wildman–Crippen MR) is 115 cm³/mol. The van der Waals surface area contributed by atoms with Crippen molar-refractivity contribution >= 4 is 22.9 Å². The number of cyclic esters (lactones) is 1. The lowest BCUT2D eigenvalue weighted by atomic mass is 9.76. The topological polar surface area (TPSA) is 77.3 Å². The van der Waals surface area contributed by atoms with E-state index >= 15 is 0 Å². The summed E-state index contributed by atoms with van der Waals surface area (Å²) in [5.74, 6) is -0.0462. The van der Waals surface area contributed by atoms with E-state index in [9.17, 15) is 9.59 Å². The molecule has 0 saturated carbocycles. The van der Waals surface area contributed by atoms with E-state index in [0.29, 0.717) is 45.3 Å². The molecule has 2 fully saturated rings. The summed E-state index contributed by atoms with van der Waals surface area (Å²) in [4.78, 5) is 36.1. The lowest BCUT2D eigenvalue weighted by Crippen LogP contribution is -2.45. The Bertz CT molecular complexity index is 1130. The molecule has 2 aliphatic heterocycles. The number of ether oxygens (including phenoxy) is 1. The first-order valence-corrected chi connectivity index (χ1v) is 10.8.